The third kappa shape index (κ3) is 3.70. The first kappa shape index (κ1) is 16.1. The molecule has 3 atom stereocenters. The summed E-state index contributed by atoms with van der Waals surface area (Å²) >= 11 is 0. The standard InChI is InChI=1S/C21H23NO4/c22-21-13(6-15-10-23-15)7-20(26-14-4-2-1-3-5-14)18(8-16-11-24-16)19(21)9-17-12-25-17/h1-5,7,15-17H,6,8-12,22H2. The second kappa shape index (κ2) is 6.58. The van der Waals surface area contributed by atoms with Crippen molar-refractivity contribution in [1.82, 2.24) is 0 Å². The van der Waals surface area contributed by atoms with E-state index in [0.29, 0.717) is 0 Å². The van der Waals surface area contributed by atoms with Crippen molar-refractivity contribution in [1.29, 1.82) is 0 Å². The van der Waals surface area contributed by atoms with E-state index in [9.17, 15) is 0 Å². The molecule has 136 valence electrons. The van der Waals surface area contributed by atoms with Crippen LogP contribution in [0.1, 0.15) is 16.7 Å². The molecule has 0 saturated carbocycles. The molecule has 3 unspecified atom stereocenters. The van der Waals surface area contributed by atoms with Crippen molar-refractivity contribution >= 4 is 5.69 Å². The van der Waals surface area contributed by atoms with Gasteiger partial charge in [0.1, 0.15) is 11.5 Å². The normalized spacial score (nSPS) is 25.8. The lowest BCUT2D eigenvalue weighted by atomic mass is 9.92. The van der Waals surface area contributed by atoms with E-state index in [2.05, 4.69) is 6.07 Å². The van der Waals surface area contributed by atoms with Crippen LogP contribution in [0, 0.1) is 0 Å². The van der Waals surface area contributed by atoms with Crippen molar-refractivity contribution in [3.05, 3.63) is 53.1 Å². The first-order chi connectivity index (χ1) is 12.8. The molecular formula is C21H23NO4. The lowest BCUT2D eigenvalue weighted by Gasteiger charge is -2.20. The minimum Gasteiger partial charge on any atom is -0.457 e. The van der Waals surface area contributed by atoms with Gasteiger partial charge in [-0.1, -0.05) is 18.2 Å². The monoisotopic (exact) mass is 353 g/mol. The van der Waals surface area contributed by atoms with Gasteiger partial charge in [0.2, 0.25) is 0 Å². The highest BCUT2D eigenvalue weighted by atomic mass is 16.6. The molecule has 0 bridgehead atoms. The fourth-order valence-corrected chi connectivity index (χ4v) is 3.42. The quantitative estimate of drug-likeness (QED) is 0.583. The van der Waals surface area contributed by atoms with Crippen LogP contribution in [-0.2, 0) is 33.5 Å². The SMILES string of the molecule is Nc1c(CC2CO2)cc(Oc2ccccc2)c(CC2CO2)c1CC1CO1. The molecule has 5 heteroatoms. The van der Waals surface area contributed by atoms with E-state index in [0.717, 1.165) is 73.0 Å². The number of para-hydroxylation sites is 1. The average Bonchev–Trinajstić information content (AvgIpc) is 3.49. The van der Waals surface area contributed by atoms with Crippen molar-refractivity contribution in [3.8, 4) is 11.5 Å². The van der Waals surface area contributed by atoms with Gasteiger partial charge in [0.05, 0.1) is 38.1 Å². The Kier molecular flexibility index (Phi) is 4.08. The van der Waals surface area contributed by atoms with Gasteiger partial charge in [0.15, 0.2) is 0 Å². The van der Waals surface area contributed by atoms with Crippen LogP contribution in [0.2, 0.25) is 0 Å². The molecule has 3 fully saturated rings. The van der Waals surface area contributed by atoms with Gasteiger partial charge in [-0.15, -0.1) is 0 Å². The first-order valence-corrected chi connectivity index (χ1v) is 9.27. The number of nitrogens with two attached hydrogens (primary N) is 1. The van der Waals surface area contributed by atoms with Crippen LogP contribution in [0.5, 0.6) is 11.5 Å². The molecule has 3 heterocycles. The maximum absolute atomic E-state index is 6.59. The molecule has 0 spiro atoms. The smallest absolute Gasteiger partial charge is 0.131 e. The van der Waals surface area contributed by atoms with Crippen LogP contribution >= 0.6 is 0 Å². The molecule has 2 N–H and O–H groups in total. The molecule has 2 aromatic carbocycles. The van der Waals surface area contributed by atoms with Gasteiger partial charge >= 0.3 is 0 Å². The Morgan fingerprint density at radius 2 is 1.42 bits per heavy atom. The number of nitrogen functional groups attached to an aromatic ring is 1. The Morgan fingerprint density at radius 1 is 0.846 bits per heavy atom. The Balaban J connectivity index is 1.55. The van der Waals surface area contributed by atoms with E-state index in [1.54, 1.807) is 0 Å². The predicted octanol–water partition coefficient (Wildman–Crippen LogP) is 2.89. The molecule has 5 nitrogen and oxygen atoms in total. The van der Waals surface area contributed by atoms with E-state index < -0.39 is 0 Å². The molecule has 2 aromatic rings. The van der Waals surface area contributed by atoms with E-state index in [1.807, 2.05) is 30.3 Å². The molecule has 0 aromatic heterocycles. The molecule has 26 heavy (non-hydrogen) atoms. The third-order valence-electron chi connectivity index (χ3n) is 5.13. The summed E-state index contributed by atoms with van der Waals surface area (Å²) in [7, 11) is 0. The van der Waals surface area contributed by atoms with Crippen molar-refractivity contribution in [2.24, 2.45) is 0 Å². The van der Waals surface area contributed by atoms with Crippen molar-refractivity contribution < 1.29 is 18.9 Å². The summed E-state index contributed by atoms with van der Waals surface area (Å²) in [5.74, 6) is 1.71. The zero-order valence-electron chi connectivity index (χ0n) is 14.6. The summed E-state index contributed by atoms with van der Waals surface area (Å²) in [5, 5.41) is 0. The number of rotatable bonds is 8. The predicted molar refractivity (Wildman–Crippen MR) is 97.7 cm³/mol. The van der Waals surface area contributed by atoms with Gasteiger partial charge in [0, 0.05) is 30.5 Å². The van der Waals surface area contributed by atoms with Gasteiger partial charge in [-0.25, -0.2) is 0 Å². The maximum Gasteiger partial charge on any atom is 0.131 e. The summed E-state index contributed by atoms with van der Waals surface area (Å²) in [5.41, 5.74) is 10.9. The molecule has 0 radical (unpaired) electrons. The van der Waals surface area contributed by atoms with Crippen molar-refractivity contribution in [2.45, 2.75) is 37.6 Å². The summed E-state index contributed by atoms with van der Waals surface area (Å²) in [6.45, 7) is 2.43. The highest BCUT2D eigenvalue weighted by Crippen LogP contribution is 2.39. The number of benzene rings is 2. The van der Waals surface area contributed by atoms with Crippen LogP contribution in [0.15, 0.2) is 36.4 Å². The largest absolute Gasteiger partial charge is 0.457 e. The van der Waals surface area contributed by atoms with Crippen LogP contribution in [0.3, 0.4) is 0 Å². The van der Waals surface area contributed by atoms with Crippen LogP contribution in [-0.4, -0.2) is 38.1 Å². The number of hydrogen-bond acceptors (Lipinski definition) is 5. The zero-order chi connectivity index (χ0) is 17.5. The molecule has 3 aliphatic rings. The molecule has 0 amide bonds. The van der Waals surface area contributed by atoms with Crippen LogP contribution in [0.25, 0.3) is 0 Å². The molecular weight excluding hydrogens is 330 g/mol. The third-order valence-corrected chi connectivity index (χ3v) is 5.13. The average molecular weight is 353 g/mol. The van der Waals surface area contributed by atoms with E-state index >= 15 is 0 Å². The lowest BCUT2D eigenvalue weighted by Crippen LogP contribution is -2.12. The fraction of sp³-hybridized carbons (Fsp3) is 0.429. The molecule has 5 rings (SSSR count). The second-order valence-electron chi connectivity index (χ2n) is 7.30. The molecule has 0 aliphatic carbocycles. The second-order valence-corrected chi connectivity index (χ2v) is 7.30. The highest BCUT2D eigenvalue weighted by molar-refractivity contribution is 5.63. The fourth-order valence-electron chi connectivity index (χ4n) is 3.42. The summed E-state index contributed by atoms with van der Waals surface area (Å²) < 4.78 is 22.7. The first-order valence-electron chi connectivity index (χ1n) is 9.27. The van der Waals surface area contributed by atoms with Gasteiger partial charge in [0.25, 0.3) is 0 Å². The number of anilines is 1. The maximum atomic E-state index is 6.59. The Bertz CT molecular complexity index is 795. The lowest BCUT2D eigenvalue weighted by molar-refractivity contribution is 0.396. The van der Waals surface area contributed by atoms with Gasteiger partial charge in [-0.2, -0.15) is 0 Å². The zero-order valence-corrected chi connectivity index (χ0v) is 14.6. The van der Waals surface area contributed by atoms with Crippen LogP contribution < -0.4 is 10.5 Å². The van der Waals surface area contributed by atoms with Crippen LogP contribution in [0.4, 0.5) is 5.69 Å². The van der Waals surface area contributed by atoms with Gasteiger partial charge < -0.3 is 24.7 Å². The van der Waals surface area contributed by atoms with E-state index in [1.165, 1.54) is 0 Å². The van der Waals surface area contributed by atoms with Gasteiger partial charge in [-0.3, -0.25) is 0 Å². The van der Waals surface area contributed by atoms with Crippen molar-refractivity contribution in [3.63, 3.8) is 0 Å². The minimum absolute atomic E-state index is 0.268. The Labute approximate surface area is 153 Å². The van der Waals surface area contributed by atoms with Crippen molar-refractivity contribution in [2.75, 3.05) is 25.6 Å². The topological polar surface area (TPSA) is 72.8 Å². The number of ether oxygens (including phenoxy) is 4. The summed E-state index contributed by atoms with van der Waals surface area (Å²) in [4.78, 5) is 0. The molecule has 3 saturated heterocycles. The van der Waals surface area contributed by atoms with E-state index in [-0.39, 0.29) is 18.3 Å². The van der Waals surface area contributed by atoms with E-state index in [4.69, 9.17) is 24.7 Å². The van der Waals surface area contributed by atoms with Gasteiger partial charge in [-0.05, 0) is 29.3 Å². The highest BCUT2D eigenvalue weighted by Gasteiger charge is 2.32. The summed E-state index contributed by atoms with van der Waals surface area (Å²) in [6, 6.07) is 12.0. The minimum atomic E-state index is 0.268. The number of hydrogen-bond donors (Lipinski definition) is 1. The number of epoxide rings is 3. The summed E-state index contributed by atoms with van der Waals surface area (Å²) in [6.07, 6.45) is 3.31. The molecule has 3 aliphatic heterocycles. The Hall–Kier alpha value is -2.08. The Morgan fingerprint density at radius 3 is 2.04 bits per heavy atom.